The molecule has 0 fully saturated rings. The van der Waals surface area contributed by atoms with Crippen LogP contribution in [0, 0.1) is 6.92 Å². The number of para-hydroxylation sites is 1. The summed E-state index contributed by atoms with van der Waals surface area (Å²) >= 11 is 0. The first-order chi connectivity index (χ1) is 8.17. The van der Waals surface area contributed by atoms with Gasteiger partial charge in [0.15, 0.2) is 0 Å². The highest BCUT2D eigenvalue weighted by atomic mass is 16.5. The van der Waals surface area contributed by atoms with Crippen LogP contribution in [0.4, 0.5) is 0 Å². The molecule has 0 spiro atoms. The normalized spacial score (nSPS) is 12.8. The van der Waals surface area contributed by atoms with Gasteiger partial charge in [0.2, 0.25) is 0 Å². The average Bonchev–Trinajstić information content (AvgIpc) is 2.33. The zero-order valence-corrected chi connectivity index (χ0v) is 11.5. The molecule has 1 atom stereocenters. The Kier molecular flexibility index (Phi) is 6.06. The van der Waals surface area contributed by atoms with Gasteiger partial charge in [-0.2, -0.15) is 0 Å². The van der Waals surface area contributed by atoms with Gasteiger partial charge in [0.05, 0.1) is 0 Å². The van der Waals surface area contributed by atoms with E-state index in [1.807, 2.05) is 18.2 Å². The Morgan fingerprint density at radius 1 is 1.18 bits per heavy atom. The van der Waals surface area contributed by atoms with Crippen molar-refractivity contribution in [3.63, 3.8) is 0 Å². The van der Waals surface area contributed by atoms with Gasteiger partial charge in [-0.15, -0.1) is 0 Å². The molecule has 0 radical (unpaired) electrons. The summed E-state index contributed by atoms with van der Waals surface area (Å²) in [6, 6.07) is 8.77. The first-order valence-corrected chi connectivity index (χ1v) is 6.63. The van der Waals surface area contributed by atoms with Gasteiger partial charge in [0, 0.05) is 12.6 Å². The van der Waals surface area contributed by atoms with Crippen LogP contribution in [0.1, 0.15) is 39.2 Å². The van der Waals surface area contributed by atoms with E-state index in [0.717, 1.165) is 12.3 Å². The Balaban J connectivity index is 2.39. The minimum atomic E-state index is 0.205. The zero-order chi connectivity index (χ0) is 12.7. The molecule has 1 rings (SSSR count). The Hall–Kier alpha value is -1.02. The maximum atomic E-state index is 5.92. The van der Waals surface area contributed by atoms with Gasteiger partial charge < -0.3 is 10.1 Å². The number of aryl methyl sites for hydroxylation is 1. The van der Waals surface area contributed by atoms with Crippen molar-refractivity contribution in [1.29, 1.82) is 0 Å². The predicted octanol–water partition coefficient (Wildman–Crippen LogP) is 3.54. The van der Waals surface area contributed by atoms with Gasteiger partial charge >= 0.3 is 0 Å². The lowest BCUT2D eigenvalue weighted by molar-refractivity contribution is 0.209. The summed E-state index contributed by atoms with van der Waals surface area (Å²) in [5.74, 6) is 0.992. The number of benzene rings is 1. The lowest BCUT2D eigenvalue weighted by atomic mass is 10.1. The minimum absolute atomic E-state index is 0.205. The molecule has 2 heteroatoms. The quantitative estimate of drug-likeness (QED) is 0.780. The molecule has 0 amide bonds. The van der Waals surface area contributed by atoms with Crippen LogP contribution >= 0.6 is 0 Å². The van der Waals surface area contributed by atoms with Crippen molar-refractivity contribution >= 4 is 0 Å². The largest absolute Gasteiger partial charge is 0.489 e. The molecule has 0 saturated carbocycles. The third-order valence-electron chi connectivity index (χ3n) is 3.10. The maximum Gasteiger partial charge on any atom is 0.122 e. The fourth-order valence-corrected chi connectivity index (χ4v) is 1.86. The Morgan fingerprint density at radius 3 is 2.41 bits per heavy atom. The van der Waals surface area contributed by atoms with E-state index in [1.165, 1.54) is 18.4 Å². The van der Waals surface area contributed by atoms with Crippen LogP contribution in [-0.4, -0.2) is 18.7 Å². The molecule has 17 heavy (non-hydrogen) atoms. The smallest absolute Gasteiger partial charge is 0.122 e. The van der Waals surface area contributed by atoms with Crippen molar-refractivity contribution in [2.75, 3.05) is 6.54 Å². The second-order valence-electron chi connectivity index (χ2n) is 4.62. The Morgan fingerprint density at radius 2 is 1.82 bits per heavy atom. The Labute approximate surface area is 105 Å². The first-order valence-electron chi connectivity index (χ1n) is 6.63. The Bertz CT molecular complexity index is 320. The summed E-state index contributed by atoms with van der Waals surface area (Å²) in [5, 5.41) is 3.53. The topological polar surface area (TPSA) is 21.3 Å². The van der Waals surface area contributed by atoms with Crippen LogP contribution in [-0.2, 0) is 0 Å². The average molecular weight is 235 g/mol. The van der Waals surface area contributed by atoms with Gasteiger partial charge in [0.25, 0.3) is 0 Å². The SMILES string of the molecule is CCC(CC)NCC(C)Oc1ccccc1C. The molecule has 1 aromatic rings. The molecular weight excluding hydrogens is 210 g/mol. The van der Waals surface area contributed by atoms with Crippen LogP contribution in [0.25, 0.3) is 0 Å². The van der Waals surface area contributed by atoms with Gasteiger partial charge in [-0.05, 0) is 38.3 Å². The van der Waals surface area contributed by atoms with Gasteiger partial charge in [-0.25, -0.2) is 0 Å². The molecule has 0 heterocycles. The summed E-state index contributed by atoms with van der Waals surface area (Å²) in [6.45, 7) is 9.53. The monoisotopic (exact) mass is 235 g/mol. The molecule has 1 N–H and O–H groups in total. The molecule has 1 aromatic carbocycles. The van der Waals surface area contributed by atoms with Gasteiger partial charge in [-0.3, -0.25) is 0 Å². The van der Waals surface area contributed by atoms with E-state index in [2.05, 4.69) is 39.1 Å². The molecule has 0 saturated heterocycles. The molecule has 2 nitrogen and oxygen atoms in total. The van der Waals surface area contributed by atoms with Crippen LogP contribution in [0.2, 0.25) is 0 Å². The standard InChI is InChI=1S/C15H25NO/c1-5-14(6-2)16-11-13(4)17-15-10-8-7-9-12(15)3/h7-10,13-14,16H,5-6,11H2,1-4H3. The zero-order valence-electron chi connectivity index (χ0n) is 11.5. The number of hydrogen-bond donors (Lipinski definition) is 1. The van der Waals surface area contributed by atoms with E-state index in [1.54, 1.807) is 0 Å². The van der Waals surface area contributed by atoms with E-state index in [4.69, 9.17) is 4.74 Å². The van der Waals surface area contributed by atoms with E-state index < -0.39 is 0 Å². The van der Waals surface area contributed by atoms with Crippen LogP contribution in [0.3, 0.4) is 0 Å². The molecule has 0 aromatic heterocycles. The van der Waals surface area contributed by atoms with Gasteiger partial charge in [-0.1, -0.05) is 32.0 Å². The van der Waals surface area contributed by atoms with E-state index in [9.17, 15) is 0 Å². The third kappa shape index (κ3) is 4.78. The molecule has 0 aliphatic heterocycles. The summed E-state index contributed by atoms with van der Waals surface area (Å²) in [5.41, 5.74) is 1.20. The van der Waals surface area contributed by atoms with Crippen molar-refractivity contribution < 1.29 is 4.74 Å². The van der Waals surface area contributed by atoms with Crippen LogP contribution < -0.4 is 10.1 Å². The van der Waals surface area contributed by atoms with Crippen molar-refractivity contribution in [2.24, 2.45) is 0 Å². The van der Waals surface area contributed by atoms with Crippen molar-refractivity contribution in [3.05, 3.63) is 29.8 Å². The number of hydrogen-bond acceptors (Lipinski definition) is 2. The third-order valence-corrected chi connectivity index (χ3v) is 3.10. The van der Waals surface area contributed by atoms with Crippen molar-refractivity contribution in [3.8, 4) is 5.75 Å². The molecule has 1 unspecified atom stereocenters. The fourth-order valence-electron chi connectivity index (χ4n) is 1.86. The van der Waals surface area contributed by atoms with Crippen LogP contribution in [0.5, 0.6) is 5.75 Å². The lowest BCUT2D eigenvalue weighted by Crippen LogP contribution is -2.36. The molecule has 0 bridgehead atoms. The van der Waals surface area contributed by atoms with E-state index >= 15 is 0 Å². The minimum Gasteiger partial charge on any atom is -0.489 e. The maximum absolute atomic E-state index is 5.92. The first kappa shape index (κ1) is 14.0. The highest BCUT2D eigenvalue weighted by Crippen LogP contribution is 2.17. The van der Waals surface area contributed by atoms with Crippen molar-refractivity contribution in [1.82, 2.24) is 5.32 Å². The fraction of sp³-hybridized carbons (Fsp3) is 0.600. The molecule has 0 aliphatic carbocycles. The van der Waals surface area contributed by atoms with Crippen molar-refractivity contribution in [2.45, 2.75) is 52.7 Å². The highest BCUT2D eigenvalue weighted by molar-refractivity contribution is 5.31. The molecule has 96 valence electrons. The van der Waals surface area contributed by atoms with Gasteiger partial charge in [0.1, 0.15) is 11.9 Å². The number of ether oxygens (including phenoxy) is 1. The molecular formula is C15H25NO. The second-order valence-corrected chi connectivity index (χ2v) is 4.62. The lowest BCUT2D eigenvalue weighted by Gasteiger charge is -2.20. The van der Waals surface area contributed by atoms with E-state index in [0.29, 0.717) is 6.04 Å². The molecule has 0 aliphatic rings. The number of rotatable bonds is 7. The summed E-state index contributed by atoms with van der Waals surface area (Å²) in [4.78, 5) is 0. The van der Waals surface area contributed by atoms with Crippen LogP contribution in [0.15, 0.2) is 24.3 Å². The second kappa shape index (κ2) is 7.33. The summed E-state index contributed by atoms with van der Waals surface area (Å²) in [7, 11) is 0. The summed E-state index contributed by atoms with van der Waals surface area (Å²) in [6.07, 6.45) is 2.55. The number of nitrogens with one attached hydrogen (secondary N) is 1. The predicted molar refractivity (Wildman–Crippen MR) is 73.6 cm³/mol. The summed E-state index contributed by atoms with van der Waals surface area (Å²) < 4.78 is 5.92. The highest BCUT2D eigenvalue weighted by Gasteiger charge is 2.08. The van der Waals surface area contributed by atoms with E-state index in [-0.39, 0.29) is 6.10 Å².